The topological polar surface area (TPSA) is 63.3 Å². The van der Waals surface area contributed by atoms with Gasteiger partial charge in [-0.05, 0) is 25.2 Å². The van der Waals surface area contributed by atoms with E-state index < -0.39 is 11.5 Å². The number of carboxylic acids is 1. The number of carboxylic acid groups (broad SMARTS) is 1. The van der Waals surface area contributed by atoms with Gasteiger partial charge in [0.2, 0.25) is 0 Å². The normalized spacial score (nSPS) is 21.3. The van der Waals surface area contributed by atoms with Gasteiger partial charge in [0.15, 0.2) is 0 Å². The Morgan fingerprint density at radius 2 is 2.14 bits per heavy atom. The minimum absolute atomic E-state index is 0.219. The van der Waals surface area contributed by atoms with Crippen molar-refractivity contribution in [1.82, 2.24) is 0 Å². The molecule has 0 aromatic rings. The van der Waals surface area contributed by atoms with E-state index in [1.165, 1.54) is 0 Å². The molecule has 3 heteroatoms. The molecule has 0 spiro atoms. The summed E-state index contributed by atoms with van der Waals surface area (Å²) >= 11 is 0. The van der Waals surface area contributed by atoms with Gasteiger partial charge >= 0.3 is 5.97 Å². The molecule has 3 N–H and O–H groups in total. The fourth-order valence-electron chi connectivity index (χ4n) is 2.08. The maximum absolute atomic E-state index is 11.1. The third-order valence-corrected chi connectivity index (χ3v) is 3.43. The quantitative estimate of drug-likeness (QED) is 0.644. The van der Waals surface area contributed by atoms with Crippen LogP contribution in [0.3, 0.4) is 0 Å². The van der Waals surface area contributed by atoms with Gasteiger partial charge in [-0.1, -0.05) is 32.6 Å². The second-order valence-corrected chi connectivity index (χ2v) is 4.43. The zero-order chi connectivity index (χ0) is 10.6. The third kappa shape index (κ3) is 2.27. The molecule has 0 aliphatic heterocycles. The van der Waals surface area contributed by atoms with Crippen molar-refractivity contribution in [3.8, 4) is 0 Å². The number of rotatable bonds is 6. The van der Waals surface area contributed by atoms with Gasteiger partial charge in [0.05, 0.1) is 0 Å². The lowest BCUT2D eigenvalue weighted by Crippen LogP contribution is -2.56. The summed E-state index contributed by atoms with van der Waals surface area (Å²) in [7, 11) is 0. The molecule has 0 heterocycles. The maximum Gasteiger partial charge on any atom is 0.323 e. The largest absolute Gasteiger partial charge is 0.480 e. The predicted octanol–water partition coefficient (Wildman–Crippen LogP) is 2.15. The van der Waals surface area contributed by atoms with Crippen LogP contribution in [0, 0.1) is 5.92 Å². The molecule has 3 nitrogen and oxygen atoms in total. The number of aliphatic carboxylic acids is 1. The van der Waals surface area contributed by atoms with Crippen LogP contribution in [0.2, 0.25) is 0 Å². The molecule has 1 saturated carbocycles. The first-order valence-corrected chi connectivity index (χ1v) is 5.63. The van der Waals surface area contributed by atoms with Gasteiger partial charge in [-0.25, -0.2) is 0 Å². The van der Waals surface area contributed by atoms with Crippen molar-refractivity contribution >= 4 is 5.97 Å². The van der Waals surface area contributed by atoms with Crippen LogP contribution in [0.15, 0.2) is 0 Å². The lowest BCUT2D eigenvalue weighted by molar-refractivity contribution is -0.147. The maximum atomic E-state index is 11.1. The molecule has 82 valence electrons. The summed E-state index contributed by atoms with van der Waals surface area (Å²) in [5, 5.41) is 9.14. The summed E-state index contributed by atoms with van der Waals surface area (Å²) in [4.78, 5) is 11.1. The minimum atomic E-state index is -0.937. The van der Waals surface area contributed by atoms with Gasteiger partial charge < -0.3 is 10.8 Å². The van der Waals surface area contributed by atoms with E-state index >= 15 is 0 Å². The summed E-state index contributed by atoms with van der Waals surface area (Å²) in [6.45, 7) is 2.11. The van der Waals surface area contributed by atoms with Crippen LogP contribution >= 0.6 is 0 Å². The first-order valence-electron chi connectivity index (χ1n) is 5.63. The fraction of sp³-hybridized carbons (Fsp3) is 0.909. The average molecular weight is 199 g/mol. The Labute approximate surface area is 85.7 Å². The van der Waals surface area contributed by atoms with Crippen molar-refractivity contribution in [3.05, 3.63) is 0 Å². The number of nitrogens with two attached hydrogens (primary N) is 1. The first-order chi connectivity index (χ1) is 6.61. The molecule has 0 bridgehead atoms. The van der Waals surface area contributed by atoms with Gasteiger partial charge in [0.1, 0.15) is 5.54 Å². The van der Waals surface area contributed by atoms with Crippen molar-refractivity contribution in [2.75, 3.05) is 0 Å². The highest BCUT2D eigenvalue weighted by Gasteiger charge is 2.44. The zero-order valence-corrected chi connectivity index (χ0v) is 8.96. The second kappa shape index (κ2) is 4.78. The number of carbonyl (C=O) groups is 1. The smallest absolute Gasteiger partial charge is 0.323 e. The highest BCUT2D eigenvalue weighted by molar-refractivity contribution is 5.79. The molecule has 1 aliphatic rings. The molecule has 0 saturated heterocycles. The first kappa shape index (κ1) is 11.5. The third-order valence-electron chi connectivity index (χ3n) is 3.43. The Bertz CT molecular complexity index is 201. The van der Waals surface area contributed by atoms with E-state index in [0.717, 1.165) is 38.5 Å². The Morgan fingerprint density at radius 1 is 1.50 bits per heavy atom. The molecule has 1 aliphatic carbocycles. The Kier molecular flexibility index (Phi) is 3.93. The van der Waals surface area contributed by atoms with Gasteiger partial charge in [0, 0.05) is 0 Å². The second-order valence-electron chi connectivity index (χ2n) is 4.43. The molecular weight excluding hydrogens is 178 g/mol. The Morgan fingerprint density at radius 3 is 2.50 bits per heavy atom. The Hall–Kier alpha value is -0.570. The van der Waals surface area contributed by atoms with Crippen molar-refractivity contribution in [2.24, 2.45) is 11.7 Å². The van der Waals surface area contributed by atoms with E-state index in [1.54, 1.807) is 0 Å². The molecular formula is C11H21NO2. The van der Waals surface area contributed by atoms with Crippen molar-refractivity contribution in [1.29, 1.82) is 0 Å². The van der Waals surface area contributed by atoms with E-state index in [9.17, 15) is 4.79 Å². The molecule has 1 unspecified atom stereocenters. The number of hydrogen-bond acceptors (Lipinski definition) is 2. The van der Waals surface area contributed by atoms with Crippen LogP contribution in [0.1, 0.15) is 51.9 Å². The summed E-state index contributed by atoms with van der Waals surface area (Å²) < 4.78 is 0. The standard InChI is InChI=1S/C11H21NO2/c1-2-3-4-8-11(12,10(13)14)9-6-5-7-9/h9H,2-8,12H2,1H3,(H,13,14). The summed E-state index contributed by atoms with van der Waals surface area (Å²) in [6, 6.07) is 0. The predicted molar refractivity (Wildman–Crippen MR) is 56.0 cm³/mol. The fourth-order valence-corrected chi connectivity index (χ4v) is 2.08. The van der Waals surface area contributed by atoms with Crippen molar-refractivity contribution < 1.29 is 9.90 Å². The number of hydrogen-bond donors (Lipinski definition) is 2. The summed E-state index contributed by atoms with van der Waals surface area (Å²) in [5.41, 5.74) is 5.05. The van der Waals surface area contributed by atoms with E-state index in [2.05, 4.69) is 6.92 Å². The van der Waals surface area contributed by atoms with E-state index in [-0.39, 0.29) is 5.92 Å². The molecule has 1 fully saturated rings. The van der Waals surface area contributed by atoms with Crippen LogP contribution in [-0.2, 0) is 4.79 Å². The number of unbranched alkanes of at least 4 members (excludes halogenated alkanes) is 2. The minimum Gasteiger partial charge on any atom is -0.480 e. The molecule has 14 heavy (non-hydrogen) atoms. The molecule has 0 aromatic carbocycles. The molecule has 0 amide bonds. The molecule has 1 atom stereocenters. The lowest BCUT2D eigenvalue weighted by Gasteiger charge is -2.39. The average Bonchev–Trinajstić information content (AvgIpc) is 2.01. The van der Waals surface area contributed by atoms with Crippen LogP contribution in [0.25, 0.3) is 0 Å². The highest BCUT2D eigenvalue weighted by Crippen LogP contribution is 2.37. The van der Waals surface area contributed by atoms with Crippen LogP contribution < -0.4 is 5.73 Å². The van der Waals surface area contributed by atoms with Crippen LogP contribution in [0.4, 0.5) is 0 Å². The lowest BCUT2D eigenvalue weighted by atomic mass is 9.69. The molecule has 1 rings (SSSR count). The van der Waals surface area contributed by atoms with Gasteiger partial charge in [-0.2, -0.15) is 0 Å². The van der Waals surface area contributed by atoms with E-state index in [4.69, 9.17) is 10.8 Å². The van der Waals surface area contributed by atoms with Gasteiger partial charge in [-0.3, -0.25) is 4.79 Å². The summed E-state index contributed by atoms with van der Waals surface area (Å²) in [5.74, 6) is -0.588. The van der Waals surface area contributed by atoms with E-state index in [1.807, 2.05) is 0 Å². The Balaban J connectivity index is 2.47. The molecule has 0 aromatic heterocycles. The van der Waals surface area contributed by atoms with E-state index in [0.29, 0.717) is 6.42 Å². The van der Waals surface area contributed by atoms with Crippen LogP contribution in [0.5, 0.6) is 0 Å². The SMILES string of the molecule is CCCCCC(N)(C(=O)O)C1CCC1. The van der Waals surface area contributed by atoms with Crippen LogP contribution in [-0.4, -0.2) is 16.6 Å². The van der Waals surface area contributed by atoms with Crippen molar-refractivity contribution in [2.45, 2.75) is 57.4 Å². The van der Waals surface area contributed by atoms with Gasteiger partial charge in [-0.15, -0.1) is 0 Å². The highest BCUT2D eigenvalue weighted by atomic mass is 16.4. The zero-order valence-electron chi connectivity index (χ0n) is 8.96. The summed E-state index contributed by atoms with van der Waals surface area (Å²) in [6.07, 6.45) is 6.91. The molecule has 0 radical (unpaired) electrons. The monoisotopic (exact) mass is 199 g/mol. The van der Waals surface area contributed by atoms with Gasteiger partial charge in [0.25, 0.3) is 0 Å². The van der Waals surface area contributed by atoms with Crippen molar-refractivity contribution in [3.63, 3.8) is 0 Å².